The van der Waals surface area contributed by atoms with E-state index in [0.717, 1.165) is 11.1 Å². The highest BCUT2D eigenvalue weighted by molar-refractivity contribution is 5.93. The van der Waals surface area contributed by atoms with Crippen LogP contribution in [0.5, 0.6) is 5.75 Å². The summed E-state index contributed by atoms with van der Waals surface area (Å²) in [4.78, 5) is 16.7. The Morgan fingerprint density at radius 1 is 1.07 bits per heavy atom. The molecule has 0 saturated carbocycles. The number of rotatable bonds is 6. The van der Waals surface area contributed by atoms with Gasteiger partial charge in [-0.15, -0.1) is 0 Å². The van der Waals surface area contributed by atoms with Crippen LogP contribution in [0.4, 0.5) is 0 Å². The molecule has 0 unspecified atom stereocenters. The molecule has 146 valence electrons. The number of amides is 1. The standard InChI is InChI=1S/C23H20N4O2.H2/c1-29-21-11-12-24-22(13-21)27-16-20(15-26-27)23(28)25-14-17-7-9-19(10-8-17)18-5-3-2-4-6-18;/h2-13,15-16H,14H2,1H3,(H,25,28);1H. The highest BCUT2D eigenvalue weighted by Gasteiger charge is 2.10. The van der Waals surface area contributed by atoms with Crippen LogP contribution < -0.4 is 10.1 Å². The van der Waals surface area contributed by atoms with Crippen molar-refractivity contribution in [3.8, 4) is 22.7 Å². The normalized spacial score (nSPS) is 10.5. The highest BCUT2D eigenvalue weighted by Crippen LogP contribution is 2.19. The van der Waals surface area contributed by atoms with Crippen molar-refractivity contribution in [2.75, 3.05) is 7.11 Å². The molecule has 4 rings (SSSR count). The summed E-state index contributed by atoms with van der Waals surface area (Å²) in [6.07, 6.45) is 4.80. The van der Waals surface area contributed by atoms with Gasteiger partial charge in [0.25, 0.3) is 5.91 Å². The Balaban J connectivity index is 0.00000256. The van der Waals surface area contributed by atoms with E-state index in [2.05, 4.69) is 39.7 Å². The van der Waals surface area contributed by atoms with Gasteiger partial charge in [0, 0.05) is 26.4 Å². The van der Waals surface area contributed by atoms with Crippen LogP contribution in [-0.2, 0) is 6.54 Å². The molecular formula is C23H22N4O2. The fourth-order valence-electron chi connectivity index (χ4n) is 2.95. The van der Waals surface area contributed by atoms with E-state index >= 15 is 0 Å². The predicted octanol–water partition coefficient (Wildman–Crippen LogP) is 4.12. The molecule has 6 nitrogen and oxygen atoms in total. The first kappa shape index (κ1) is 18.4. The highest BCUT2D eigenvalue weighted by atomic mass is 16.5. The topological polar surface area (TPSA) is 69.0 Å². The van der Waals surface area contributed by atoms with E-state index in [1.165, 1.54) is 11.8 Å². The molecule has 0 spiro atoms. The van der Waals surface area contributed by atoms with Crippen LogP contribution in [0.1, 0.15) is 17.3 Å². The van der Waals surface area contributed by atoms with Crippen LogP contribution in [0.25, 0.3) is 16.9 Å². The number of aromatic nitrogens is 3. The molecule has 6 heteroatoms. The van der Waals surface area contributed by atoms with Crippen molar-refractivity contribution >= 4 is 5.91 Å². The lowest BCUT2D eigenvalue weighted by Gasteiger charge is -2.06. The summed E-state index contributed by atoms with van der Waals surface area (Å²) in [5.74, 6) is 1.07. The van der Waals surface area contributed by atoms with Crippen LogP contribution in [0.3, 0.4) is 0 Å². The number of hydrogen-bond acceptors (Lipinski definition) is 4. The number of nitrogens with zero attached hydrogens (tertiary/aromatic N) is 3. The number of carbonyl (C=O) groups is 1. The monoisotopic (exact) mass is 386 g/mol. The SMILES string of the molecule is COc1ccnc(-n2cc(C(=O)NCc3ccc(-c4ccccc4)cc3)cn2)c1.[HH]. The third-order valence-electron chi connectivity index (χ3n) is 4.55. The number of pyridine rings is 1. The smallest absolute Gasteiger partial charge is 0.254 e. The number of methoxy groups -OCH3 is 1. The Bertz CT molecular complexity index is 1110. The van der Waals surface area contributed by atoms with Gasteiger partial charge in [-0.2, -0.15) is 5.10 Å². The van der Waals surface area contributed by atoms with E-state index < -0.39 is 0 Å². The van der Waals surface area contributed by atoms with E-state index in [9.17, 15) is 4.79 Å². The molecule has 0 aliphatic rings. The summed E-state index contributed by atoms with van der Waals surface area (Å²) < 4.78 is 6.74. The molecule has 1 amide bonds. The van der Waals surface area contributed by atoms with Crippen LogP contribution >= 0.6 is 0 Å². The maximum atomic E-state index is 12.5. The van der Waals surface area contributed by atoms with Gasteiger partial charge in [-0.05, 0) is 22.8 Å². The first-order valence-corrected chi connectivity index (χ1v) is 9.20. The zero-order chi connectivity index (χ0) is 20.1. The summed E-state index contributed by atoms with van der Waals surface area (Å²) in [6.45, 7) is 0.441. The maximum Gasteiger partial charge on any atom is 0.254 e. The van der Waals surface area contributed by atoms with Crippen molar-refractivity contribution in [2.24, 2.45) is 0 Å². The van der Waals surface area contributed by atoms with E-state index in [-0.39, 0.29) is 7.33 Å². The number of benzene rings is 2. The van der Waals surface area contributed by atoms with Gasteiger partial charge in [-0.25, -0.2) is 9.67 Å². The van der Waals surface area contributed by atoms with Gasteiger partial charge in [0.2, 0.25) is 0 Å². The van der Waals surface area contributed by atoms with E-state index in [1.807, 2.05) is 30.3 Å². The number of hydrogen-bond donors (Lipinski definition) is 1. The fraction of sp³-hybridized carbons (Fsp3) is 0.0870. The molecule has 2 heterocycles. The molecule has 0 saturated heterocycles. The average molecular weight is 386 g/mol. The van der Waals surface area contributed by atoms with Gasteiger partial charge in [0.15, 0.2) is 5.82 Å². The third kappa shape index (κ3) is 4.32. The molecule has 0 radical (unpaired) electrons. The number of nitrogens with one attached hydrogen (secondary N) is 1. The molecule has 1 N–H and O–H groups in total. The first-order valence-electron chi connectivity index (χ1n) is 9.20. The van der Waals surface area contributed by atoms with Gasteiger partial charge < -0.3 is 10.1 Å². The molecule has 2 aromatic heterocycles. The lowest BCUT2D eigenvalue weighted by Crippen LogP contribution is -2.22. The molecule has 4 aromatic rings. The molecule has 0 fully saturated rings. The number of carbonyl (C=O) groups excluding carboxylic acids is 1. The van der Waals surface area contributed by atoms with E-state index in [4.69, 9.17) is 4.74 Å². The average Bonchev–Trinajstić information content (AvgIpc) is 3.29. The molecule has 2 aromatic carbocycles. The molecular weight excluding hydrogens is 364 g/mol. The quantitative estimate of drug-likeness (QED) is 0.541. The van der Waals surface area contributed by atoms with Crippen LogP contribution in [0.15, 0.2) is 85.3 Å². The second-order valence-corrected chi connectivity index (χ2v) is 6.47. The summed E-state index contributed by atoms with van der Waals surface area (Å²) in [5.41, 5.74) is 3.81. The van der Waals surface area contributed by atoms with Crippen molar-refractivity contribution in [1.82, 2.24) is 20.1 Å². The minimum atomic E-state index is -0.189. The Hall–Kier alpha value is -3.93. The van der Waals surface area contributed by atoms with Crippen molar-refractivity contribution in [3.63, 3.8) is 0 Å². The predicted molar refractivity (Wildman–Crippen MR) is 113 cm³/mol. The van der Waals surface area contributed by atoms with Crippen LogP contribution in [0.2, 0.25) is 0 Å². The first-order chi connectivity index (χ1) is 14.2. The second kappa shape index (κ2) is 8.39. The molecule has 29 heavy (non-hydrogen) atoms. The summed E-state index contributed by atoms with van der Waals surface area (Å²) in [5, 5.41) is 7.15. The van der Waals surface area contributed by atoms with E-state index in [0.29, 0.717) is 23.7 Å². The molecule has 0 aliphatic carbocycles. The van der Waals surface area contributed by atoms with Crippen molar-refractivity contribution < 1.29 is 11.0 Å². The van der Waals surface area contributed by atoms with Crippen molar-refractivity contribution in [3.05, 3.63) is 96.4 Å². The van der Waals surface area contributed by atoms with Gasteiger partial charge in [-0.1, -0.05) is 54.6 Å². The lowest BCUT2D eigenvalue weighted by molar-refractivity contribution is 0.0951. The molecule has 0 bridgehead atoms. The number of ether oxygens (including phenoxy) is 1. The zero-order valence-corrected chi connectivity index (χ0v) is 15.9. The summed E-state index contributed by atoms with van der Waals surface area (Å²) >= 11 is 0. The lowest BCUT2D eigenvalue weighted by atomic mass is 10.0. The Kier molecular flexibility index (Phi) is 5.33. The van der Waals surface area contributed by atoms with Gasteiger partial charge in [-0.3, -0.25) is 4.79 Å². The zero-order valence-electron chi connectivity index (χ0n) is 15.9. The largest absolute Gasteiger partial charge is 0.497 e. The minimum absolute atomic E-state index is 0. The molecule has 0 aliphatic heterocycles. The third-order valence-corrected chi connectivity index (χ3v) is 4.55. The summed E-state index contributed by atoms with van der Waals surface area (Å²) in [6, 6.07) is 21.9. The van der Waals surface area contributed by atoms with Crippen molar-refractivity contribution in [1.29, 1.82) is 0 Å². The summed E-state index contributed by atoms with van der Waals surface area (Å²) in [7, 11) is 1.59. The Morgan fingerprint density at radius 3 is 2.59 bits per heavy atom. The second-order valence-electron chi connectivity index (χ2n) is 6.47. The van der Waals surface area contributed by atoms with Gasteiger partial charge >= 0.3 is 0 Å². The van der Waals surface area contributed by atoms with E-state index in [1.54, 1.807) is 36.3 Å². The van der Waals surface area contributed by atoms with Gasteiger partial charge in [0.05, 0.1) is 18.9 Å². The molecule has 0 atom stereocenters. The van der Waals surface area contributed by atoms with Gasteiger partial charge in [0.1, 0.15) is 5.75 Å². The fourth-order valence-corrected chi connectivity index (χ4v) is 2.95. The minimum Gasteiger partial charge on any atom is -0.497 e. The van der Waals surface area contributed by atoms with Crippen molar-refractivity contribution in [2.45, 2.75) is 6.54 Å². The van der Waals surface area contributed by atoms with Crippen LogP contribution in [-0.4, -0.2) is 27.8 Å². The van der Waals surface area contributed by atoms with Crippen LogP contribution in [0, 0.1) is 0 Å². The Labute approximate surface area is 170 Å². The maximum absolute atomic E-state index is 12.5. The Morgan fingerprint density at radius 2 is 1.83 bits per heavy atom.